The number of rotatable bonds is 4. The standard InChI is InChI=1S/C13H20N2O/c1-13(2)11(8-12(13)16)15-7-5-10-4-3-6-14-9-10/h3-4,6,9,11-12,15-16H,5,7-8H2,1-2H3. The van der Waals surface area contributed by atoms with Crippen molar-refractivity contribution in [1.82, 2.24) is 10.3 Å². The molecule has 2 rings (SSSR count). The smallest absolute Gasteiger partial charge is 0.0621 e. The van der Waals surface area contributed by atoms with Gasteiger partial charge in [0, 0.05) is 23.9 Å². The number of hydrogen-bond acceptors (Lipinski definition) is 3. The molecule has 0 aromatic carbocycles. The highest BCUT2D eigenvalue weighted by molar-refractivity contribution is 5.09. The fraction of sp³-hybridized carbons (Fsp3) is 0.615. The van der Waals surface area contributed by atoms with Gasteiger partial charge in [-0.25, -0.2) is 0 Å². The number of nitrogens with one attached hydrogen (secondary N) is 1. The van der Waals surface area contributed by atoms with E-state index in [0.717, 1.165) is 19.4 Å². The Bertz CT molecular complexity index is 337. The molecule has 1 heterocycles. The zero-order valence-corrected chi connectivity index (χ0v) is 9.98. The molecule has 2 unspecified atom stereocenters. The molecule has 0 saturated heterocycles. The molecule has 1 aliphatic carbocycles. The molecule has 1 aromatic heterocycles. The van der Waals surface area contributed by atoms with Crippen LogP contribution in [0.3, 0.4) is 0 Å². The van der Waals surface area contributed by atoms with E-state index < -0.39 is 0 Å². The van der Waals surface area contributed by atoms with Gasteiger partial charge < -0.3 is 10.4 Å². The number of aliphatic hydroxyl groups is 1. The van der Waals surface area contributed by atoms with E-state index in [1.807, 2.05) is 12.3 Å². The van der Waals surface area contributed by atoms with Crippen molar-refractivity contribution in [1.29, 1.82) is 0 Å². The molecule has 1 saturated carbocycles. The summed E-state index contributed by atoms with van der Waals surface area (Å²) < 4.78 is 0. The Morgan fingerprint density at radius 2 is 2.38 bits per heavy atom. The fourth-order valence-corrected chi connectivity index (χ4v) is 2.19. The summed E-state index contributed by atoms with van der Waals surface area (Å²) in [6.07, 6.45) is 5.42. The van der Waals surface area contributed by atoms with Gasteiger partial charge in [0.15, 0.2) is 0 Å². The summed E-state index contributed by atoms with van der Waals surface area (Å²) in [5.41, 5.74) is 1.28. The Hall–Kier alpha value is -0.930. The molecular weight excluding hydrogens is 200 g/mol. The Balaban J connectivity index is 1.74. The molecule has 1 fully saturated rings. The first-order valence-electron chi connectivity index (χ1n) is 5.91. The zero-order valence-electron chi connectivity index (χ0n) is 9.98. The van der Waals surface area contributed by atoms with Crippen molar-refractivity contribution in [2.24, 2.45) is 5.41 Å². The van der Waals surface area contributed by atoms with Gasteiger partial charge in [-0.05, 0) is 31.0 Å². The predicted octanol–water partition coefficient (Wildman–Crippen LogP) is 1.37. The highest BCUT2D eigenvalue weighted by atomic mass is 16.3. The van der Waals surface area contributed by atoms with Crippen molar-refractivity contribution in [3.05, 3.63) is 30.1 Å². The molecule has 1 aliphatic rings. The predicted molar refractivity (Wildman–Crippen MR) is 64.1 cm³/mol. The third kappa shape index (κ3) is 2.25. The zero-order chi connectivity index (χ0) is 11.6. The normalized spacial score (nSPS) is 27.4. The average molecular weight is 220 g/mol. The minimum Gasteiger partial charge on any atom is -0.392 e. The van der Waals surface area contributed by atoms with Crippen molar-refractivity contribution in [3.8, 4) is 0 Å². The Morgan fingerprint density at radius 3 is 2.94 bits per heavy atom. The SMILES string of the molecule is CC1(C)C(O)CC1NCCc1cccnc1. The summed E-state index contributed by atoms with van der Waals surface area (Å²) in [6.45, 7) is 5.18. The molecule has 3 heteroatoms. The molecule has 2 N–H and O–H groups in total. The first kappa shape index (κ1) is 11.6. The summed E-state index contributed by atoms with van der Waals surface area (Å²) in [5, 5.41) is 13.1. The van der Waals surface area contributed by atoms with Crippen LogP contribution in [0.1, 0.15) is 25.8 Å². The van der Waals surface area contributed by atoms with Crippen LogP contribution in [-0.2, 0) is 6.42 Å². The lowest BCUT2D eigenvalue weighted by Crippen LogP contribution is -2.60. The van der Waals surface area contributed by atoms with E-state index in [1.165, 1.54) is 5.56 Å². The third-order valence-corrected chi connectivity index (χ3v) is 3.74. The van der Waals surface area contributed by atoms with Gasteiger partial charge in [-0.15, -0.1) is 0 Å². The molecule has 0 radical (unpaired) electrons. The molecule has 0 spiro atoms. The molecule has 0 bridgehead atoms. The van der Waals surface area contributed by atoms with Crippen molar-refractivity contribution < 1.29 is 5.11 Å². The fourth-order valence-electron chi connectivity index (χ4n) is 2.19. The van der Waals surface area contributed by atoms with E-state index >= 15 is 0 Å². The largest absolute Gasteiger partial charge is 0.392 e. The maximum atomic E-state index is 9.61. The van der Waals surface area contributed by atoms with E-state index in [2.05, 4.69) is 30.2 Å². The van der Waals surface area contributed by atoms with Gasteiger partial charge >= 0.3 is 0 Å². The van der Waals surface area contributed by atoms with Crippen LogP contribution in [-0.4, -0.2) is 28.8 Å². The highest BCUT2D eigenvalue weighted by Gasteiger charge is 2.46. The van der Waals surface area contributed by atoms with Crippen LogP contribution in [0.5, 0.6) is 0 Å². The van der Waals surface area contributed by atoms with E-state index in [9.17, 15) is 5.11 Å². The molecule has 88 valence electrons. The molecule has 0 amide bonds. The molecular formula is C13H20N2O. The van der Waals surface area contributed by atoms with Gasteiger partial charge in [0.05, 0.1) is 6.10 Å². The second-order valence-corrected chi connectivity index (χ2v) is 5.19. The van der Waals surface area contributed by atoms with Crippen LogP contribution in [0.4, 0.5) is 0 Å². The van der Waals surface area contributed by atoms with E-state index in [-0.39, 0.29) is 11.5 Å². The number of pyridine rings is 1. The topological polar surface area (TPSA) is 45.1 Å². The maximum Gasteiger partial charge on any atom is 0.0621 e. The molecule has 3 nitrogen and oxygen atoms in total. The van der Waals surface area contributed by atoms with Crippen LogP contribution in [0.2, 0.25) is 0 Å². The van der Waals surface area contributed by atoms with Gasteiger partial charge in [0.25, 0.3) is 0 Å². The lowest BCUT2D eigenvalue weighted by molar-refractivity contribution is -0.0720. The van der Waals surface area contributed by atoms with Crippen molar-refractivity contribution in [2.45, 2.75) is 38.8 Å². The number of hydrogen-bond donors (Lipinski definition) is 2. The van der Waals surface area contributed by atoms with Crippen LogP contribution in [0.15, 0.2) is 24.5 Å². The van der Waals surface area contributed by atoms with Gasteiger partial charge in [0.1, 0.15) is 0 Å². The summed E-state index contributed by atoms with van der Waals surface area (Å²) in [4.78, 5) is 4.09. The van der Waals surface area contributed by atoms with Crippen LogP contribution < -0.4 is 5.32 Å². The van der Waals surface area contributed by atoms with E-state index in [1.54, 1.807) is 6.20 Å². The van der Waals surface area contributed by atoms with Crippen molar-refractivity contribution in [2.75, 3.05) is 6.54 Å². The maximum absolute atomic E-state index is 9.61. The van der Waals surface area contributed by atoms with Gasteiger partial charge in [-0.2, -0.15) is 0 Å². The quantitative estimate of drug-likeness (QED) is 0.805. The molecule has 1 aromatic rings. The van der Waals surface area contributed by atoms with E-state index in [4.69, 9.17) is 0 Å². The first-order chi connectivity index (χ1) is 7.60. The first-order valence-corrected chi connectivity index (χ1v) is 5.91. The van der Waals surface area contributed by atoms with E-state index in [0.29, 0.717) is 6.04 Å². The lowest BCUT2D eigenvalue weighted by Gasteiger charge is -2.49. The van der Waals surface area contributed by atoms with Gasteiger partial charge in [0.2, 0.25) is 0 Å². The Kier molecular flexibility index (Phi) is 3.26. The number of nitrogens with zero attached hydrogens (tertiary/aromatic N) is 1. The minimum absolute atomic E-state index is 0.0228. The number of aromatic nitrogens is 1. The lowest BCUT2D eigenvalue weighted by atomic mass is 9.64. The average Bonchev–Trinajstić information content (AvgIpc) is 2.29. The van der Waals surface area contributed by atoms with Crippen LogP contribution in [0.25, 0.3) is 0 Å². The van der Waals surface area contributed by atoms with Gasteiger partial charge in [-0.3, -0.25) is 4.98 Å². The second kappa shape index (κ2) is 4.52. The Labute approximate surface area is 96.9 Å². The van der Waals surface area contributed by atoms with Crippen LogP contribution >= 0.6 is 0 Å². The molecule has 0 aliphatic heterocycles. The minimum atomic E-state index is -0.150. The summed E-state index contributed by atoms with van der Waals surface area (Å²) in [5.74, 6) is 0. The second-order valence-electron chi connectivity index (χ2n) is 5.19. The molecule has 16 heavy (non-hydrogen) atoms. The van der Waals surface area contributed by atoms with Gasteiger partial charge in [-0.1, -0.05) is 19.9 Å². The van der Waals surface area contributed by atoms with Crippen LogP contribution in [0, 0.1) is 5.41 Å². The van der Waals surface area contributed by atoms with Crippen molar-refractivity contribution in [3.63, 3.8) is 0 Å². The summed E-state index contributed by atoms with van der Waals surface area (Å²) in [7, 11) is 0. The Morgan fingerprint density at radius 1 is 1.56 bits per heavy atom. The highest BCUT2D eigenvalue weighted by Crippen LogP contribution is 2.40. The monoisotopic (exact) mass is 220 g/mol. The summed E-state index contributed by atoms with van der Waals surface area (Å²) in [6, 6.07) is 4.50. The van der Waals surface area contributed by atoms with Crippen molar-refractivity contribution >= 4 is 0 Å². The summed E-state index contributed by atoms with van der Waals surface area (Å²) >= 11 is 0. The number of aliphatic hydroxyl groups excluding tert-OH is 1. The third-order valence-electron chi connectivity index (χ3n) is 3.74. The molecule has 2 atom stereocenters.